The van der Waals surface area contributed by atoms with Crippen molar-refractivity contribution in [3.63, 3.8) is 0 Å². The molecule has 0 atom stereocenters. The minimum absolute atomic E-state index is 0.0966. The van der Waals surface area contributed by atoms with E-state index in [1.807, 2.05) is 0 Å². The monoisotopic (exact) mass is 280 g/mol. The van der Waals surface area contributed by atoms with E-state index in [0.717, 1.165) is 13.1 Å². The average Bonchev–Trinajstić information content (AvgIpc) is 2.79. The molecule has 1 aliphatic heterocycles. The topological polar surface area (TPSA) is 71.2 Å². The molecular formula is C13H20N4OS. The summed E-state index contributed by atoms with van der Waals surface area (Å²) in [6, 6.07) is 0. The van der Waals surface area contributed by atoms with Crippen molar-refractivity contribution < 1.29 is 4.79 Å². The Kier molecular flexibility index (Phi) is 3.45. The number of hydrogen-bond acceptors (Lipinski definition) is 5. The number of thiazole rings is 1. The van der Waals surface area contributed by atoms with Gasteiger partial charge in [-0.05, 0) is 38.8 Å². The minimum atomic E-state index is -0.0966. The van der Waals surface area contributed by atoms with Crippen molar-refractivity contribution in [2.45, 2.75) is 25.7 Å². The number of nitrogen functional groups attached to an aromatic ring is 1. The lowest BCUT2D eigenvalue weighted by Gasteiger charge is -2.23. The van der Waals surface area contributed by atoms with Crippen molar-refractivity contribution in [1.82, 2.24) is 15.2 Å². The molecule has 1 aromatic heterocycles. The van der Waals surface area contributed by atoms with Gasteiger partial charge in [0.2, 0.25) is 0 Å². The Balaban J connectivity index is 1.50. The molecule has 104 valence electrons. The fraction of sp³-hybridized carbons (Fsp3) is 0.692. The second-order valence-electron chi connectivity index (χ2n) is 5.74. The van der Waals surface area contributed by atoms with Gasteiger partial charge in [-0.2, -0.15) is 0 Å². The zero-order valence-corrected chi connectivity index (χ0v) is 11.8. The van der Waals surface area contributed by atoms with Crippen LogP contribution in [0.25, 0.3) is 0 Å². The van der Waals surface area contributed by atoms with Crippen LogP contribution in [0.2, 0.25) is 0 Å². The normalized spacial score (nSPS) is 21.5. The van der Waals surface area contributed by atoms with Crippen molar-refractivity contribution in [3.05, 3.63) is 11.1 Å². The molecule has 2 aliphatic rings. The number of amides is 1. The van der Waals surface area contributed by atoms with Crippen LogP contribution in [0.4, 0.5) is 5.13 Å². The van der Waals surface area contributed by atoms with E-state index >= 15 is 0 Å². The van der Waals surface area contributed by atoms with E-state index in [2.05, 4.69) is 15.2 Å². The molecule has 1 amide bonds. The molecule has 0 aromatic carbocycles. The third kappa shape index (κ3) is 3.06. The van der Waals surface area contributed by atoms with E-state index < -0.39 is 0 Å². The SMILES string of the molecule is Nc1nc(C(=O)NCC2(CN3CCCC3)CC2)cs1. The molecule has 0 unspecified atom stereocenters. The van der Waals surface area contributed by atoms with Crippen molar-refractivity contribution in [3.8, 4) is 0 Å². The van der Waals surface area contributed by atoms with Crippen LogP contribution >= 0.6 is 11.3 Å². The summed E-state index contributed by atoms with van der Waals surface area (Å²) in [5.74, 6) is -0.0966. The lowest BCUT2D eigenvalue weighted by atomic mass is 10.1. The molecule has 1 saturated carbocycles. The van der Waals surface area contributed by atoms with Gasteiger partial charge < -0.3 is 16.0 Å². The number of aromatic nitrogens is 1. The Morgan fingerprint density at radius 3 is 2.79 bits per heavy atom. The van der Waals surface area contributed by atoms with Gasteiger partial charge in [-0.3, -0.25) is 4.79 Å². The van der Waals surface area contributed by atoms with Crippen molar-refractivity contribution >= 4 is 22.4 Å². The summed E-state index contributed by atoms with van der Waals surface area (Å²) >= 11 is 1.31. The molecule has 1 aliphatic carbocycles. The van der Waals surface area contributed by atoms with Gasteiger partial charge in [-0.1, -0.05) is 0 Å². The van der Waals surface area contributed by atoms with Crippen LogP contribution in [-0.2, 0) is 0 Å². The van der Waals surface area contributed by atoms with Gasteiger partial charge in [0.1, 0.15) is 5.69 Å². The summed E-state index contributed by atoms with van der Waals surface area (Å²) in [5.41, 5.74) is 6.31. The number of nitrogens with two attached hydrogens (primary N) is 1. The first-order valence-corrected chi connectivity index (χ1v) is 7.76. The van der Waals surface area contributed by atoms with Gasteiger partial charge in [-0.15, -0.1) is 11.3 Å². The number of rotatable bonds is 5. The standard InChI is InChI=1S/C13H20N4OS/c14-12-16-10(7-19-12)11(18)15-8-13(3-4-13)9-17-5-1-2-6-17/h7H,1-6,8-9H2,(H2,14,16)(H,15,18). The van der Waals surface area contributed by atoms with Gasteiger partial charge in [0.05, 0.1) is 0 Å². The van der Waals surface area contributed by atoms with Gasteiger partial charge in [0.25, 0.3) is 5.91 Å². The smallest absolute Gasteiger partial charge is 0.270 e. The summed E-state index contributed by atoms with van der Waals surface area (Å²) in [5, 5.41) is 5.17. The molecule has 2 heterocycles. The first-order valence-electron chi connectivity index (χ1n) is 6.88. The lowest BCUT2D eigenvalue weighted by Crippen LogP contribution is -2.37. The number of anilines is 1. The summed E-state index contributed by atoms with van der Waals surface area (Å²) in [7, 11) is 0. The van der Waals surface area contributed by atoms with E-state index in [0.29, 0.717) is 16.2 Å². The van der Waals surface area contributed by atoms with E-state index in [9.17, 15) is 4.79 Å². The first kappa shape index (κ1) is 12.9. The molecule has 3 rings (SSSR count). The zero-order valence-electron chi connectivity index (χ0n) is 11.0. The second kappa shape index (κ2) is 5.09. The van der Waals surface area contributed by atoms with E-state index in [1.165, 1.54) is 50.1 Å². The molecule has 2 fully saturated rings. The Labute approximate surface area is 117 Å². The number of carbonyl (C=O) groups excluding carboxylic acids is 1. The molecule has 0 spiro atoms. The van der Waals surface area contributed by atoms with Crippen LogP contribution in [0.1, 0.15) is 36.2 Å². The summed E-state index contributed by atoms with van der Waals surface area (Å²) in [4.78, 5) is 18.5. The van der Waals surface area contributed by atoms with E-state index in [-0.39, 0.29) is 5.91 Å². The van der Waals surface area contributed by atoms with Crippen molar-refractivity contribution in [1.29, 1.82) is 0 Å². The summed E-state index contributed by atoms with van der Waals surface area (Å²) in [6.45, 7) is 4.34. The van der Waals surface area contributed by atoms with Crippen LogP contribution in [0, 0.1) is 5.41 Å². The van der Waals surface area contributed by atoms with Gasteiger partial charge in [-0.25, -0.2) is 4.98 Å². The molecule has 0 radical (unpaired) electrons. The average molecular weight is 280 g/mol. The highest BCUT2D eigenvalue weighted by atomic mass is 32.1. The van der Waals surface area contributed by atoms with Gasteiger partial charge in [0, 0.05) is 23.9 Å². The minimum Gasteiger partial charge on any atom is -0.375 e. The summed E-state index contributed by atoms with van der Waals surface area (Å²) < 4.78 is 0. The lowest BCUT2D eigenvalue weighted by molar-refractivity contribution is 0.0936. The zero-order chi connectivity index (χ0) is 13.3. The molecule has 1 saturated heterocycles. The molecular weight excluding hydrogens is 260 g/mol. The predicted molar refractivity (Wildman–Crippen MR) is 76.2 cm³/mol. The third-order valence-electron chi connectivity index (χ3n) is 4.09. The highest BCUT2D eigenvalue weighted by molar-refractivity contribution is 7.13. The number of hydrogen-bond donors (Lipinski definition) is 2. The van der Waals surface area contributed by atoms with E-state index in [4.69, 9.17) is 5.73 Å². The quantitative estimate of drug-likeness (QED) is 0.853. The maximum atomic E-state index is 11.9. The maximum absolute atomic E-state index is 11.9. The Bertz CT molecular complexity index is 463. The molecule has 0 bridgehead atoms. The Morgan fingerprint density at radius 1 is 1.47 bits per heavy atom. The second-order valence-corrected chi connectivity index (χ2v) is 6.63. The Morgan fingerprint density at radius 2 is 2.21 bits per heavy atom. The van der Waals surface area contributed by atoms with Crippen LogP contribution in [0.5, 0.6) is 0 Å². The van der Waals surface area contributed by atoms with Gasteiger partial charge in [0.15, 0.2) is 5.13 Å². The molecule has 19 heavy (non-hydrogen) atoms. The van der Waals surface area contributed by atoms with Crippen LogP contribution in [0.15, 0.2) is 5.38 Å². The van der Waals surface area contributed by atoms with Crippen LogP contribution in [0.3, 0.4) is 0 Å². The van der Waals surface area contributed by atoms with Crippen LogP contribution < -0.4 is 11.1 Å². The molecule has 3 N–H and O–H groups in total. The fourth-order valence-electron chi connectivity index (χ4n) is 2.73. The maximum Gasteiger partial charge on any atom is 0.270 e. The number of carbonyl (C=O) groups is 1. The van der Waals surface area contributed by atoms with E-state index in [1.54, 1.807) is 5.38 Å². The third-order valence-corrected chi connectivity index (χ3v) is 4.77. The Hall–Kier alpha value is -1.14. The highest BCUT2D eigenvalue weighted by Crippen LogP contribution is 2.46. The van der Waals surface area contributed by atoms with Crippen molar-refractivity contribution in [2.75, 3.05) is 31.9 Å². The molecule has 1 aromatic rings. The highest BCUT2D eigenvalue weighted by Gasteiger charge is 2.44. The molecule has 6 heteroatoms. The first-order chi connectivity index (χ1) is 9.17. The number of nitrogens with one attached hydrogen (secondary N) is 1. The van der Waals surface area contributed by atoms with Gasteiger partial charge >= 0.3 is 0 Å². The molecule has 5 nitrogen and oxygen atoms in total. The van der Waals surface area contributed by atoms with Crippen LogP contribution in [-0.4, -0.2) is 42.0 Å². The fourth-order valence-corrected chi connectivity index (χ4v) is 3.28. The number of nitrogens with zero attached hydrogens (tertiary/aromatic N) is 2. The largest absolute Gasteiger partial charge is 0.375 e. The summed E-state index contributed by atoms with van der Waals surface area (Å²) in [6.07, 6.45) is 5.09. The number of likely N-dealkylation sites (tertiary alicyclic amines) is 1. The van der Waals surface area contributed by atoms with Crippen molar-refractivity contribution in [2.24, 2.45) is 5.41 Å². The predicted octanol–water partition coefficient (Wildman–Crippen LogP) is 1.33.